The molecule has 0 aromatic heterocycles. The third-order valence-electron chi connectivity index (χ3n) is 8.20. The van der Waals surface area contributed by atoms with E-state index >= 15 is 0 Å². The number of benzene rings is 3. The van der Waals surface area contributed by atoms with E-state index in [9.17, 15) is 4.79 Å². The molecule has 0 aliphatic heterocycles. The fourth-order valence-electron chi connectivity index (χ4n) is 5.42. The Morgan fingerprint density at radius 2 is 0.906 bits per heavy atom. The Morgan fingerprint density at radius 3 is 1.34 bits per heavy atom. The van der Waals surface area contributed by atoms with Gasteiger partial charge in [0.1, 0.15) is 19.0 Å². The van der Waals surface area contributed by atoms with Gasteiger partial charge in [0.2, 0.25) is 0 Å². The zero-order valence-corrected chi connectivity index (χ0v) is 31.0. The van der Waals surface area contributed by atoms with Crippen LogP contribution in [0.5, 0.6) is 5.75 Å². The van der Waals surface area contributed by atoms with Gasteiger partial charge >= 0.3 is 6.09 Å². The van der Waals surface area contributed by atoms with Gasteiger partial charge in [-0.3, -0.25) is 0 Å². The van der Waals surface area contributed by atoms with Crippen molar-refractivity contribution in [2.45, 2.75) is 5.92 Å². The summed E-state index contributed by atoms with van der Waals surface area (Å²) in [6.45, 7) is 8.81. The van der Waals surface area contributed by atoms with Gasteiger partial charge in [0.05, 0.1) is 106 Å². The van der Waals surface area contributed by atoms with Gasteiger partial charge in [-0.25, -0.2) is 4.79 Å². The van der Waals surface area contributed by atoms with Crippen LogP contribution in [0.4, 0.5) is 10.5 Å². The zero-order valence-electron chi connectivity index (χ0n) is 31.0. The largest absolute Gasteiger partial charge is 0.491 e. The Kier molecular flexibility index (Phi) is 20.6. The van der Waals surface area contributed by atoms with Crippen LogP contribution in [0, 0.1) is 0 Å². The lowest BCUT2D eigenvalue weighted by atomic mass is 9.98. The van der Waals surface area contributed by atoms with Crippen molar-refractivity contribution >= 4 is 11.8 Å². The molecular formula is C40H56N2O11. The van der Waals surface area contributed by atoms with Crippen molar-refractivity contribution < 1.29 is 52.2 Å². The topological polar surface area (TPSA) is 139 Å². The van der Waals surface area contributed by atoms with Crippen LogP contribution in [0.1, 0.15) is 17.0 Å². The third-order valence-corrected chi connectivity index (χ3v) is 8.20. The van der Waals surface area contributed by atoms with E-state index < -0.39 is 0 Å². The summed E-state index contributed by atoms with van der Waals surface area (Å²) in [4.78, 5) is 14.1. The quantitative estimate of drug-likeness (QED) is 0.0752. The van der Waals surface area contributed by atoms with E-state index in [1.165, 1.54) is 27.2 Å². The molecular weight excluding hydrogens is 684 g/mol. The second kappa shape index (κ2) is 26.1. The number of likely N-dealkylation sites (N-methyl/N-ethyl adjacent to an activating group) is 1. The lowest BCUT2D eigenvalue weighted by molar-refractivity contribution is -0.0238. The number of hydrogen-bond acceptors (Lipinski definition) is 12. The Bertz CT molecular complexity index is 1370. The molecule has 0 fully saturated rings. The van der Waals surface area contributed by atoms with Gasteiger partial charge in [-0.2, -0.15) is 0 Å². The van der Waals surface area contributed by atoms with Crippen molar-refractivity contribution in [3.05, 3.63) is 83.9 Å². The molecule has 13 nitrogen and oxygen atoms in total. The summed E-state index contributed by atoms with van der Waals surface area (Å²) >= 11 is 0. The first-order valence-electron chi connectivity index (χ1n) is 18.3. The molecule has 0 unspecified atom stereocenters. The molecule has 1 amide bonds. The maximum absolute atomic E-state index is 12.6. The van der Waals surface area contributed by atoms with E-state index in [1.54, 1.807) is 19.2 Å². The number of carbonyl (C=O) groups excluding carboxylic acids is 1. The molecule has 0 atom stereocenters. The van der Waals surface area contributed by atoms with E-state index in [0.29, 0.717) is 131 Å². The lowest BCUT2D eigenvalue weighted by Crippen LogP contribution is -2.32. The van der Waals surface area contributed by atoms with Crippen LogP contribution < -0.4 is 10.5 Å². The maximum atomic E-state index is 12.6. The Labute approximate surface area is 313 Å². The number of carbonyl (C=O) groups is 1. The van der Waals surface area contributed by atoms with Gasteiger partial charge < -0.3 is 58.0 Å². The minimum Gasteiger partial charge on any atom is -0.491 e. The molecule has 0 radical (unpaired) electrons. The first-order chi connectivity index (χ1) is 26.1. The highest BCUT2D eigenvalue weighted by Crippen LogP contribution is 2.44. The van der Waals surface area contributed by atoms with E-state index in [4.69, 9.17) is 53.1 Å². The highest BCUT2D eigenvalue weighted by atomic mass is 16.6. The van der Waals surface area contributed by atoms with E-state index in [-0.39, 0.29) is 12.0 Å². The first-order valence-corrected chi connectivity index (χ1v) is 18.3. The average Bonchev–Trinajstić information content (AvgIpc) is 3.50. The second-order valence-corrected chi connectivity index (χ2v) is 12.0. The molecule has 13 heteroatoms. The van der Waals surface area contributed by atoms with E-state index in [1.807, 2.05) is 36.4 Å². The number of nitrogen functional groups attached to an aromatic ring is 1. The minimum absolute atomic E-state index is 0.0385. The molecule has 1 aliphatic carbocycles. The fraction of sp³-hybridized carbons (Fsp3) is 0.525. The van der Waals surface area contributed by atoms with Gasteiger partial charge in [-0.05, 0) is 46.5 Å². The molecule has 3 aromatic rings. The van der Waals surface area contributed by atoms with E-state index in [0.717, 1.165) is 5.75 Å². The van der Waals surface area contributed by atoms with Crippen LogP contribution in [0.25, 0.3) is 11.1 Å². The number of amides is 1. The number of fused-ring (bicyclic) bond motifs is 3. The van der Waals surface area contributed by atoms with Crippen molar-refractivity contribution in [3.63, 3.8) is 0 Å². The van der Waals surface area contributed by atoms with Gasteiger partial charge in [0, 0.05) is 25.2 Å². The predicted octanol–water partition coefficient (Wildman–Crippen LogP) is 4.66. The van der Waals surface area contributed by atoms with Gasteiger partial charge in [0.25, 0.3) is 0 Å². The molecule has 0 saturated heterocycles. The van der Waals surface area contributed by atoms with Crippen LogP contribution >= 0.6 is 0 Å². The molecule has 53 heavy (non-hydrogen) atoms. The summed E-state index contributed by atoms with van der Waals surface area (Å²) in [7, 11) is 1.71. The van der Waals surface area contributed by atoms with Crippen LogP contribution in [-0.2, 0) is 42.6 Å². The minimum atomic E-state index is -0.364. The first kappa shape index (κ1) is 42.0. The van der Waals surface area contributed by atoms with Crippen molar-refractivity contribution in [1.29, 1.82) is 0 Å². The lowest BCUT2D eigenvalue weighted by Gasteiger charge is -2.19. The van der Waals surface area contributed by atoms with Crippen LogP contribution in [0.2, 0.25) is 0 Å². The maximum Gasteiger partial charge on any atom is 0.409 e. The molecule has 0 spiro atoms. The monoisotopic (exact) mass is 740 g/mol. The number of nitrogens with zero attached hydrogens (tertiary/aromatic N) is 1. The van der Waals surface area contributed by atoms with Crippen LogP contribution in [0.3, 0.4) is 0 Å². The van der Waals surface area contributed by atoms with Gasteiger partial charge in [-0.1, -0.05) is 48.5 Å². The molecule has 2 N–H and O–H groups in total. The van der Waals surface area contributed by atoms with E-state index in [2.05, 4.69) is 24.3 Å². The normalized spacial score (nSPS) is 12.1. The van der Waals surface area contributed by atoms with Crippen molar-refractivity contribution in [3.8, 4) is 16.9 Å². The van der Waals surface area contributed by atoms with Gasteiger partial charge in [-0.15, -0.1) is 0 Å². The summed E-state index contributed by atoms with van der Waals surface area (Å²) in [6, 6.07) is 23.8. The highest BCUT2D eigenvalue weighted by Gasteiger charge is 2.29. The number of ether oxygens (including phenoxy) is 10. The van der Waals surface area contributed by atoms with Crippen molar-refractivity contribution in [2.24, 2.45) is 0 Å². The number of nitrogens with two attached hydrogens (primary N) is 1. The molecule has 0 heterocycles. The van der Waals surface area contributed by atoms with Crippen molar-refractivity contribution in [2.75, 3.05) is 138 Å². The molecule has 1 aliphatic rings. The standard InChI is InChI=1S/C40H56N2O11/c1-42(40(43)53-32-39-37-8-4-2-6-35(37)36-7-3-5-9-38(36)39)14-15-44-16-17-45-18-19-46-20-21-47-22-23-48-24-25-49-26-27-50-28-29-51-30-31-52-34-12-10-33(41)11-13-34/h2-13,39H,14-32,41H2,1H3. The Hall–Kier alpha value is -3.79. The highest BCUT2D eigenvalue weighted by molar-refractivity contribution is 5.79. The summed E-state index contributed by atoms with van der Waals surface area (Å²) < 4.78 is 55.4. The number of hydrogen-bond donors (Lipinski definition) is 1. The smallest absolute Gasteiger partial charge is 0.409 e. The Morgan fingerprint density at radius 1 is 0.528 bits per heavy atom. The third kappa shape index (κ3) is 16.4. The molecule has 3 aromatic carbocycles. The zero-order chi connectivity index (χ0) is 37.2. The molecule has 0 saturated carbocycles. The second-order valence-electron chi connectivity index (χ2n) is 12.0. The summed E-state index contributed by atoms with van der Waals surface area (Å²) in [5.74, 6) is 0.806. The molecule has 4 rings (SSSR count). The summed E-state index contributed by atoms with van der Waals surface area (Å²) in [5, 5.41) is 0. The SMILES string of the molecule is CN(CCOCCOCCOCCOCCOCCOCCOCCOCCOc1ccc(N)cc1)C(=O)OCC1c2ccccc2-c2ccccc21. The fourth-order valence-corrected chi connectivity index (χ4v) is 5.42. The van der Waals surface area contributed by atoms with Gasteiger partial charge in [0.15, 0.2) is 0 Å². The molecule has 0 bridgehead atoms. The summed E-state index contributed by atoms with van der Waals surface area (Å²) in [6.07, 6.45) is -0.364. The molecule has 292 valence electrons. The van der Waals surface area contributed by atoms with Crippen LogP contribution in [0.15, 0.2) is 72.8 Å². The Balaban J connectivity index is 0.826. The average molecular weight is 741 g/mol. The summed E-state index contributed by atoms with van der Waals surface area (Å²) in [5.41, 5.74) is 11.2. The van der Waals surface area contributed by atoms with Crippen LogP contribution in [-0.4, -0.2) is 144 Å². The predicted molar refractivity (Wildman–Crippen MR) is 201 cm³/mol. The number of rotatable bonds is 30. The number of anilines is 1. The van der Waals surface area contributed by atoms with Crippen molar-refractivity contribution in [1.82, 2.24) is 4.90 Å².